The van der Waals surface area contributed by atoms with Crippen molar-refractivity contribution in [3.8, 4) is 11.4 Å². The minimum Gasteiger partial charge on any atom is -0.490 e. The first kappa shape index (κ1) is 19.2. The summed E-state index contributed by atoms with van der Waals surface area (Å²) >= 11 is 0. The summed E-state index contributed by atoms with van der Waals surface area (Å²) < 4.78 is 12.2. The number of aromatic nitrogens is 2. The third-order valence-corrected chi connectivity index (χ3v) is 3.85. The molecule has 1 heterocycles. The van der Waals surface area contributed by atoms with Crippen LogP contribution in [0.3, 0.4) is 0 Å². The van der Waals surface area contributed by atoms with Crippen molar-refractivity contribution in [2.24, 2.45) is 0 Å². The minimum absolute atomic E-state index is 0.159. The maximum absolute atomic E-state index is 12.8. The molecule has 1 aromatic heterocycles. The predicted molar refractivity (Wildman–Crippen MR) is 105 cm³/mol. The van der Waals surface area contributed by atoms with Gasteiger partial charge in [-0.15, -0.1) is 0 Å². The van der Waals surface area contributed by atoms with Crippen LogP contribution in [0.25, 0.3) is 5.69 Å². The number of hydrogen-bond acceptors (Lipinski definition) is 5. The number of anilines is 1. The van der Waals surface area contributed by atoms with Crippen molar-refractivity contribution in [2.75, 3.05) is 18.5 Å². The van der Waals surface area contributed by atoms with Crippen molar-refractivity contribution < 1.29 is 19.1 Å². The molecule has 2 aromatic carbocycles. The SMILES string of the molecule is CCOC(=O)c1cccc(NC(=O)c2nn(-c3ccccc3)cc2OCC)c1. The number of carbonyl (C=O) groups is 2. The van der Waals surface area contributed by atoms with Gasteiger partial charge in [0, 0.05) is 5.69 Å². The zero-order chi connectivity index (χ0) is 19.9. The zero-order valence-electron chi connectivity index (χ0n) is 15.7. The molecule has 0 saturated carbocycles. The first-order chi connectivity index (χ1) is 13.6. The Bertz CT molecular complexity index is 967. The van der Waals surface area contributed by atoms with Crippen molar-refractivity contribution in [1.29, 1.82) is 0 Å². The highest BCUT2D eigenvalue weighted by molar-refractivity contribution is 6.05. The topological polar surface area (TPSA) is 82.5 Å². The molecule has 7 nitrogen and oxygen atoms in total. The van der Waals surface area contributed by atoms with Gasteiger partial charge in [0.25, 0.3) is 5.91 Å². The second-order valence-electron chi connectivity index (χ2n) is 5.81. The summed E-state index contributed by atoms with van der Waals surface area (Å²) in [4.78, 5) is 24.7. The average molecular weight is 379 g/mol. The van der Waals surface area contributed by atoms with E-state index < -0.39 is 11.9 Å². The Morgan fingerprint density at radius 3 is 2.54 bits per heavy atom. The van der Waals surface area contributed by atoms with Crippen molar-refractivity contribution in [3.63, 3.8) is 0 Å². The van der Waals surface area contributed by atoms with Crippen molar-refractivity contribution in [1.82, 2.24) is 9.78 Å². The van der Waals surface area contributed by atoms with E-state index in [4.69, 9.17) is 9.47 Å². The summed E-state index contributed by atoms with van der Waals surface area (Å²) in [5.74, 6) is -0.494. The fourth-order valence-corrected chi connectivity index (χ4v) is 2.62. The molecule has 144 valence electrons. The van der Waals surface area contributed by atoms with E-state index >= 15 is 0 Å². The zero-order valence-corrected chi connectivity index (χ0v) is 15.7. The molecule has 0 spiro atoms. The fraction of sp³-hybridized carbons (Fsp3) is 0.190. The van der Waals surface area contributed by atoms with E-state index in [0.29, 0.717) is 23.6 Å². The molecule has 0 atom stereocenters. The summed E-state index contributed by atoms with van der Waals surface area (Å²) in [6.07, 6.45) is 1.67. The number of para-hydroxylation sites is 1. The molecule has 0 saturated heterocycles. The smallest absolute Gasteiger partial charge is 0.338 e. The molecule has 1 amide bonds. The lowest BCUT2D eigenvalue weighted by Gasteiger charge is -2.07. The van der Waals surface area contributed by atoms with Crippen LogP contribution in [0.2, 0.25) is 0 Å². The largest absolute Gasteiger partial charge is 0.490 e. The van der Waals surface area contributed by atoms with Crippen molar-refractivity contribution in [2.45, 2.75) is 13.8 Å². The Morgan fingerprint density at radius 2 is 1.82 bits per heavy atom. The third kappa shape index (κ3) is 4.37. The number of nitrogens with zero attached hydrogens (tertiary/aromatic N) is 2. The van der Waals surface area contributed by atoms with Gasteiger partial charge in [-0.2, -0.15) is 5.10 Å². The standard InChI is InChI=1S/C21H21N3O4/c1-3-27-18-14-24(17-11-6-5-7-12-17)23-19(18)20(25)22-16-10-8-9-15(13-16)21(26)28-4-2/h5-14H,3-4H2,1-2H3,(H,22,25). The summed E-state index contributed by atoms with van der Waals surface area (Å²) in [7, 11) is 0. The molecule has 3 aromatic rings. The summed E-state index contributed by atoms with van der Waals surface area (Å²) in [5.41, 5.74) is 1.80. The van der Waals surface area contributed by atoms with Crippen LogP contribution in [0, 0.1) is 0 Å². The molecule has 0 aliphatic carbocycles. The highest BCUT2D eigenvalue weighted by Crippen LogP contribution is 2.22. The van der Waals surface area contributed by atoms with E-state index in [0.717, 1.165) is 5.69 Å². The molecule has 3 rings (SSSR count). The Labute approximate surface area is 162 Å². The predicted octanol–water partition coefficient (Wildman–Crippen LogP) is 3.70. The number of esters is 1. The van der Waals surface area contributed by atoms with Gasteiger partial charge in [0.2, 0.25) is 0 Å². The lowest BCUT2D eigenvalue weighted by Crippen LogP contribution is -2.15. The lowest BCUT2D eigenvalue weighted by molar-refractivity contribution is 0.0526. The number of carbonyl (C=O) groups excluding carboxylic acids is 2. The second kappa shape index (κ2) is 8.85. The maximum Gasteiger partial charge on any atom is 0.338 e. The first-order valence-electron chi connectivity index (χ1n) is 8.98. The highest BCUT2D eigenvalue weighted by atomic mass is 16.5. The van der Waals surface area contributed by atoms with Crippen LogP contribution in [0.4, 0.5) is 5.69 Å². The fourth-order valence-electron chi connectivity index (χ4n) is 2.62. The van der Waals surface area contributed by atoms with Gasteiger partial charge in [-0.1, -0.05) is 24.3 Å². The first-order valence-corrected chi connectivity index (χ1v) is 8.98. The van der Waals surface area contributed by atoms with Gasteiger partial charge < -0.3 is 14.8 Å². The van der Waals surface area contributed by atoms with Gasteiger partial charge in [0.05, 0.1) is 30.7 Å². The molecule has 0 unspecified atom stereocenters. The summed E-state index contributed by atoms with van der Waals surface area (Å²) in [6, 6.07) is 16.0. The van der Waals surface area contributed by atoms with Crippen LogP contribution in [-0.4, -0.2) is 34.9 Å². The van der Waals surface area contributed by atoms with E-state index in [1.807, 2.05) is 37.3 Å². The van der Waals surface area contributed by atoms with Gasteiger partial charge in [-0.05, 0) is 44.2 Å². The molecule has 1 N–H and O–H groups in total. The van der Waals surface area contributed by atoms with Crippen molar-refractivity contribution >= 4 is 17.6 Å². The second-order valence-corrected chi connectivity index (χ2v) is 5.81. The molecular weight excluding hydrogens is 358 g/mol. The van der Waals surface area contributed by atoms with Crippen LogP contribution in [0.15, 0.2) is 60.8 Å². The molecule has 0 fully saturated rings. The van der Waals surface area contributed by atoms with Crippen molar-refractivity contribution in [3.05, 3.63) is 72.1 Å². The van der Waals surface area contributed by atoms with Crippen LogP contribution < -0.4 is 10.1 Å². The molecular formula is C21H21N3O4. The van der Waals surface area contributed by atoms with Gasteiger partial charge in [-0.25, -0.2) is 9.48 Å². The Morgan fingerprint density at radius 1 is 1.04 bits per heavy atom. The number of ether oxygens (including phenoxy) is 2. The van der Waals surface area contributed by atoms with Gasteiger partial charge in [0.15, 0.2) is 11.4 Å². The number of amides is 1. The monoisotopic (exact) mass is 379 g/mol. The molecule has 0 bridgehead atoms. The molecule has 28 heavy (non-hydrogen) atoms. The molecule has 0 aliphatic heterocycles. The van der Waals surface area contributed by atoms with Crippen LogP contribution in [0.1, 0.15) is 34.7 Å². The quantitative estimate of drug-likeness (QED) is 0.633. The molecule has 0 aliphatic rings. The number of nitrogens with one attached hydrogen (secondary N) is 1. The minimum atomic E-state index is -0.443. The van der Waals surface area contributed by atoms with Gasteiger partial charge in [-0.3, -0.25) is 4.79 Å². The number of benzene rings is 2. The van der Waals surface area contributed by atoms with E-state index in [-0.39, 0.29) is 12.3 Å². The van der Waals surface area contributed by atoms with E-state index in [1.54, 1.807) is 42.1 Å². The van der Waals surface area contributed by atoms with Crippen LogP contribution in [0.5, 0.6) is 5.75 Å². The third-order valence-electron chi connectivity index (χ3n) is 3.85. The van der Waals surface area contributed by atoms with Gasteiger partial charge in [0.1, 0.15) is 0 Å². The molecule has 0 radical (unpaired) electrons. The molecule has 7 heteroatoms. The summed E-state index contributed by atoms with van der Waals surface area (Å²) in [6.45, 7) is 4.26. The van der Waals surface area contributed by atoms with E-state index in [1.165, 1.54) is 0 Å². The van der Waals surface area contributed by atoms with E-state index in [9.17, 15) is 9.59 Å². The normalized spacial score (nSPS) is 10.4. The lowest BCUT2D eigenvalue weighted by atomic mass is 10.2. The highest BCUT2D eigenvalue weighted by Gasteiger charge is 2.19. The van der Waals surface area contributed by atoms with Crippen LogP contribution >= 0.6 is 0 Å². The van der Waals surface area contributed by atoms with Crippen LogP contribution in [-0.2, 0) is 4.74 Å². The van der Waals surface area contributed by atoms with Gasteiger partial charge >= 0.3 is 5.97 Å². The maximum atomic E-state index is 12.8. The Balaban J connectivity index is 1.85. The van der Waals surface area contributed by atoms with E-state index in [2.05, 4.69) is 10.4 Å². The summed E-state index contributed by atoms with van der Waals surface area (Å²) in [5, 5.41) is 7.13. The number of rotatable bonds is 7. The number of hydrogen-bond donors (Lipinski definition) is 1. The Hall–Kier alpha value is -3.61. The Kier molecular flexibility index (Phi) is 6.06. The average Bonchev–Trinajstić information content (AvgIpc) is 3.13.